The van der Waals surface area contributed by atoms with E-state index in [-0.39, 0.29) is 5.57 Å². The highest BCUT2D eigenvalue weighted by atomic mass is 16.8. The van der Waals surface area contributed by atoms with Gasteiger partial charge in [-0.05, 0) is 17.7 Å². The molecule has 0 aliphatic carbocycles. The number of pyridine rings is 2. The van der Waals surface area contributed by atoms with Crippen molar-refractivity contribution in [3.05, 3.63) is 120 Å². The molecule has 2 atom stereocenters. The summed E-state index contributed by atoms with van der Waals surface area (Å²) in [4.78, 5) is 18.2. The first-order valence-corrected chi connectivity index (χ1v) is 11.1. The van der Waals surface area contributed by atoms with Crippen molar-refractivity contribution in [1.82, 2.24) is 4.98 Å². The molecule has 170 valence electrons. The Hall–Kier alpha value is -4.19. The van der Waals surface area contributed by atoms with Gasteiger partial charge in [0.1, 0.15) is 11.3 Å². The highest BCUT2D eigenvalue weighted by molar-refractivity contribution is 5.91. The van der Waals surface area contributed by atoms with Crippen molar-refractivity contribution in [1.29, 1.82) is 0 Å². The first kappa shape index (κ1) is 21.6. The molecule has 0 saturated heterocycles. The smallest absolute Gasteiger partial charge is 0.345 e. The van der Waals surface area contributed by atoms with Crippen molar-refractivity contribution in [2.75, 3.05) is 0 Å². The van der Waals surface area contributed by atoms with Crippen LogP contribution in [0.15, 0.2) is 109 Å². The lowest BCUT2D eigenvalue weighted by atomic mass is 9.82. The number of hydrogen-bond donors (Lipinski definition) is 1. The Morgan fingerprint density at radius 1 is 0.853 bits per heavy atom. The van der Waals surface area contributed by atoms with Gasteiger partial charge in [-0.15, -0.1) is 0 Å². The molecule has 5 rings (SSSR count). The van der Waals surface area contributed by atoms with E-state index in [0.717, 1.165) is 22.2 Å². The zero-order valence-corrected chi connectivity index (χ0v) is 19.0. The van der Waals surface area contributed by atoms with Crippen LogP contribution in [0.2, 0.25) is 0 Å². The van der Waals surface area contributed by atoms with Gasteiger partial charge in [0.25, 0.3) is 11.7 Å². The molecule has 1 N–H and O–H groups in total. The second-order valence-corrected chi connectivity index (χ2v) is 8.69. The maximum atomic E-state index is 13.3. The van der Waals surface area contributed by atoms with Gasteiger partial charge in [0, 0.05) is 31.4 Å². The van der Waals surface area contributed by atoms with E-state index in [1.807, 2.05) is 102 Å². The third-order valence-electron chi connectivity index (χ3n) is 5.90. The number of nitrogens with zero attached hydrogens (tertiary/aromatic N) is 2. The van der Waals surface area contributed by atoms with E-state index in [0.29, 0.717) is 0 Å². The summed E-state index contributed by atoms with van der Waals surface area (Å²) >= 11 is 0. The Labute approximate surface area is 197 Å². The molecule has 1 aliphatic heterocycles. The fourth-order valence-corrected chi connectivity index (χ4v) is 4.44. The highest BCUT2D eigenvalue weighted by Crippen LogP contribution is 2.41. The number of hydrogen-bond acceptors (Lipinski definition) is 5. The molecule has 0 spiro atoms. The third kappa shape index (κ3) is 4.10. The standard InChI is InChI=1S/C28H24N2O4/c1-28(2)33-26(31)24(27(32)34-28)23(20-12-5-3-6-13-20)25(30-17-9-4-10-18-30)22-16-15-19-11-7-8-14-21(19)29-22/h3-18,23,25H,1-2H3/p+1. The molecule has 0 bridgehead atoms. The maximum Gasteiger partial charge on any atom is 0.345 e. The molecule has 4 aromatic rings. The summed E-state index contributed by atoms with van der Waals surface area (Å²) in [5.74, 6) is -2.95. The molecule has 0 radical (unpaired) electrons. The van der Waals surface area contributed by atoms with E-state index < -0.39 is 29.7 Å². The van der Waals surface area contributed by atoms with E-state index in [1.54, 1.807) is 13.8 Å². The molecule has 0 amide bonds. The number of rotatable bonds is 5. The molecule has 0 fully saturated rings. The van der Waals surface area contributed by atoms with Crippen molar-refractivity contribution >= 4 is 16.9 Å². The largest absolute Gasteiger partial charge is 0.480 e. The first-order valence-electron chi connectivity index (χ1n) is 11.1. The topological polar surface area (TPSA) is 72.5 Å². The second kappa shape index (κ2) is 8.63. The van der Waals surface area contributed by atoms with Gasteiger partial charge in [-0.1, -0.05) is 60.7 Å². The van der Waals surface area contributed by atoms with Crippen LogP contribution in [-0.2, 0) is 14.3 Å². The van der Waals surface area contributed by atoms with E-state index in [2.05, 4.69) is 0 Å². The van der Waals surface area contributed by atoms with Gasteiger partial charge < -0.3 is 14.6 Å². The minimum absolute atomic E-state index is 0.0573. The predicted molar refractivity (Wildman–Crippen MR) is 127 cm³/mol. The Morgan fingerprint density at radius 3 is 2.26 bits per heavy atom. The van der Waals surface area contributed by atoms with Gasteiger partial charge in [-0.3, -0.25) is 0 Å². The molecular weight excluding hydrogens is 428 g/mol. The highest BCUT2D eigenvalue weighted by Gasteiger charge is 2.46. The fraction of sp³-hybridized carbons (Fsp3) is 0.179. The summed E-state index contributed by atoms with van der Waals surface area (Å²) in [5.41, 5.74) is 2.46. The van der Waals surface area contributed by atoms with Crippen molar-refractivity contribution in [3.63, 3.8) is 0 Å². The Kier molecular flexibility index (Phi) is 5.49. The first-order chi connectivity index (χ1) is 16.4. The van der Waals surface area contributed by atoms with Crippen LogP contribution in [0.3, 0.4) is 0 Å². The van der Waals surface area contributed by atoms with Crippen LogP contribution in [0.1, 0.15) is 37.1 Å². The average Bonchev–Trinajstić information content (AvgIpc) is 2.83. The van der Waals surface area contributed by atoms with Crippen LogP contribution >= 0.6 is 0 Å². The number of carbonyl (C=O) groups excluding carboxylic acids is 1. The Bertz CT molecular complexity index is 1370. The van der Waals surface area contributed by atoms with Gasteiger partial charge in [0.2, 0.25) is 6.04 Å². The number of fused-ring (bicyclic) bond motifs is 1. The summed E-state index contributed by atoms with van der Waals surface area (Å²) in [6.07, 6.45) is 3.85. The molecular formula is C28H25N2O4+. The monoisotopic (exact) mass is 453 g/mol. The summed E-state index contributed by atoms with van der Waals surface area (Å²) < 4.78 is 13.1. The molecule has 0 saturated carbocycles. The van der Waals surface area contributed by atoms with Gasteiger partial charge in [0.05, 0.1) is 11.4 Å². The Morgan fingerprint density at radius 2 is 1.53 bits per heavy atom. The summed E-state index contributed by atoms with van der Waals surface area (Å²) in [7, 11) is 0. The summed E-state index contributed by atoms with van der Waals surface area (Å²) in [6, 6.07) is 26.7. The zero-order chi connectivity index (χ0) is 23.7. The van der Waals surface area contributed by atoms with Crippen LogP contribution in [0.5, 0.6) is 0 Å². The zero-order valence-electron chi connectivity index (χ0n) is 19.0. The SMILES string of the molecule is CC1(C)OC(=O)C(C(c2ccccc2)C(c2ccc3ccccc3n2)[n+]2ccccc2)=C(O)O1. The van der Waals surface area contributed by atoms with Crippen molar-refractivity contribution in [2.45, 2.75) is 31.6 Å². The second-order valence-electron chi connectivity index (χ2n) is 8.69. The fourth-order valence-electron chi connectivity index (χ4n) is 4.44. The molecule has 2 aromatic heterocycles. The lowest BCUT2D eigenvalue weighted by Gasteiger charge is -2.34. The molecule has 2 unspecified atom stereocenters. The number of cyclic esters (lactones) is 1. The number of carbonyl (C=O) groups is 1. The van der Waals surface area contributed by atoms with E-state index in [4.69, 9.17) is 14.5 Å². The van der Waals surface area contributed by atoms with Crippen LogP contribution in [-0.4, -0.2) is 21.8 Å². The quantitative estimate of drug-likeness (QED) is 0.341. The average molecular weight is 454 g/mol. The molecule has 2 aromatic carbocycles. The summed E-state index contributed by atoms with van der Waals surface area (Å²) in [5, 5.41) is 12.0. The van der Waals surface area contributed by atoms with E-state index in [1.165, 1.54) is 0 Å². The van der Waals surface area contributed by atoms with Gasteiger partial charge in [-0.2, -0.15) is 4.57 Å². The van der Waals surface area contributed by atoms with Crippen LogP contribution in [0, 0.1) is 0 Å². The molecule has 6 nitrogen and oxygen atoms in total. The molecule has 1 aliphatic rings. The van der Waals surface area contributed by atoms with Gasteiger partial charge in [-0.25, -0.2) is 9.78 Å². The normalized spacial score (nSPS) is 17.1. The van der Waals surface area contributed by atoms with Gasteiger partial charge in [0.15, 0.2) is 12.4 Å². The van der Waals surface area contributed by atoms with Crippen molar-refractivity contribution in [2.24, 2.45) is 0 Å². The number of aliphatic hydroxyl groups is 1. The lowest BCUT2D eigenvalue weighted by Crippen LogP contribution is -2.46. The minimum atomic E-state index is -1.26. The Balaban J connectivity index is 1.77. The number of benzene rings is 2. The van der Waals surface area contributed by atoms with Crippen LogP contribution < -0.4 is 4.57 Å². The number of esters is 1. The van der Waals surface area contributed by atoms with Crippen LogP contribution in [0.4, 0.5) is 0 Å². The molecule has 6 heteroatoms. The van der Waals surface area contributed by atoms with Gasteiger partial charge >= 0.3 is 5.97 Å². The minimum Gasteiger partial charge on any atom is -0.480 e. The lowest BCUT2D eigenvalue weighted by molar-refractivity contribution is -0.716. The van der Waals surface area contributed by atoms with E-state index >= 15 is 0 Å². The maximum absolute atomic E-state index is 13.3. The third-order valence-corrected chi connectivity index (χ3v) is 5.90. The van der Waals surface area contributed by atoms with Crippen molar-refractivity contribution < 1.29 is 23.9 Å². The summed E-state index contributed by atoms with van der Waals surface area (Å²) in [6.45, 7) is 3.17. The van der Waals surface area contributed by atoms with Crippen LogP contribution in [0.25, 0.3) is 10.9 Å². The predicted octanol–water partition coefficient (Wildman–Crippen LogP) is 4.97. The number of aromatic nitrogens is 2. The number of ether oxygens (including phenoxy) is 2. The number of para-hydroxylation sites is 1. The molecule has 34 heavy (non-hydrogen) atoms. The van der Waals surface area contributed by atoms with Crippen molar-refractivity contribution in [3.8, 4) is 0 Å². The molecule has 3 heterocycles. The number of aliphatic hydroxyl groups excluding tert-OH is 1. The van der Waals surface area contributed by atoms with E-state index in [9.17, 15) is 9.90 Å².